The molecule has 0 N–H and O–H groups in total. The number of amides is 1. The van der Waals surface area contributed by atoms with Crippen molar-refractivity contribution in [2.24, 2.45) is 17.8 Å². The molecule has 1 aromatic carbocycles. The number of benzene rings is 1. The predicted molar refractivity (Wildman–Crippen MR) is 106 cm³/mol. The highest BCUT2D eigenvalue weighted by atomic mass is 16.2. The van der Waals surface area contributed by atoms with E-state index < -0.39 is 0 Å². The molecular weight excluding hydrogens is 320 g/mol. The van der Waals surface area contributed by atoms with Crippen molar-refractivity contribution in [2.75, 3.05) is 13.1 Å². The highest BCUT2D eigenvalue weighted by molar-refractivity contribution is 5.78. The Labute approximate surface area is 158 Å². The minimum absolute atomic E-state index is 0.439. The Bertz CT molecular complexity index is 616. The molecule has 3 nitrogen and oxygen atoms in total. The van der Waals surface area contributed by atoms with Crippen LogP contribution in [-0.4, -0.2) is 40.9 Å². The second kappa shape index (κ2) is 7.72. The average Bonchev–Trinajstić information content (AvgIpc) is 2.81. The van der Waals surface area contributed by atoms with E-state index in [0.717, 1.165) is 31.8 Å². The molecule has 0 aliphatic carbocycles. The number of carbonyl (C=O) groups excluding carboxylic acids is 1. The number of carbonyl (C=O) groups is 1. The third kappa shape index (κ3) is 3.55. The highest BCUT2D eigenvalue weighted by Crippen LogP contribution is 2.41. The molecule has 3 aliphatic heterocycles. The van der Waals surface area contributed by atoms with E-state index in [9.17, 15) is 4.79 Å². The third-order valence-electron chi connectivity index (χ3n) is 7.28. The van der Waals surface area contributed by atoms with Crippen molar-refractivity contribution in [2.45, 2.75) is 71.0 Å². The standard InChI is InChI=1S/C23H34N2O/c1-3-17(2)22-13-19-9-11-21-20(10-12-23(26)25(21)22)16-24(15-19)14-18-7-5-4-6-8-18/h4-8,17,19-22H,3,9-16H2,1-2H3/t17-,19?,20-,21?,22-/m1/s1. The van der Waals surface area contributed by atoms with Crippen molar-refractivity contribution in [1.82, 2.24) is 9.80 Å². The molecule has 4 rings (SSSR count). The summed E-state index contributed by atoms with van der Waals surface area (Å²) in [6.07, 6.45) is 6.75. The second-order valence-corrected chi connectivity index (χ2v) is 8.98. The molecule has 3 aliphatic rings. The van der Waals surface area contributed by atoms with Crippen LogP contribution in [0.2, 0.25) is 0 Å². The lowest BCUT2D eigenvalue weighted by atomic mass is 9.83. The molecule has 0 radical (unpaired) electrons. The van der Waals surface area contributed by atoms with Crippen LogP contribution in [0.5, 0.6) is 0 Å². The number of nitrogens with zero attached hydrogens (tertiary/aromatic N) is 2. The van der Waals surface area contributed by atoms with E-state index in [0.29, 0.717) is 29.8 Å². The Hall–Kier alpha value is -1.35. The summed E-state index contributed by atoms with van der Waals surface area (Å²) in [6.45, 7) is 8.07. The topological polar surface area (TPSA) is 23.6 Å². The molecular formula is C23H34N2O. The normalized spacial score (nSPS) is 33.5. The van der Waals surface area contributed by atoms with Crippen LogP contribution in [0, 0.1) is 17.8 Å². The quantitative estimate of drug-likeness (QED) is 0.804. The van der Waals surface area contributed by atoms with Crippen molar-refractivity contribution in [1.29, 1.82) is 0 Å². The van der Waals surface area contributed by atoms with E-state index in [2.05, 4.69) is 54.0 Å². The van der Waals surface area contributed by atoms with Gasteiger partial charge in [-0.15, -0.1) is 0 Å². The van der Waals surface area contributed by atoms with Crippen LogP contribution in [0.4, 0.5) is 0 Å². The van der Waals surface area contributed by atoms with Crippen LogP contribution in [0.15, 0.2) is 30.3 Å². The van der Waals surface area contributed by atoms with Crippen molar-refractivity contribution in [3.63, 3.8) is 0 Å². The maximum absolute atomic E-state index is 12.9. The number of fused-ring (bicyclic) bond motifs is 2. The Morgan fingerprint density at radius 2 is 1.92 bits per heavy atom. The van der Waals surface area contributed by atoms with Gasteiger partial charge in [-0.1, -0.05) is 50.6 Å². The summed E-state index contributed by atoms with van der Waals surface area (Å²) in [4.78, 5) is 18.0. The number of likely N-dealkylation sites (tertiary alicyclic amines) is 1. The number of hydrogen-bond acceptors (Lipinski definition) is 2. The van der Waals surface area contributed by atoms with Gasteiger partial charge >= 0.3 is 0 Å². The monoisotopic (exact) mass is 354 g/mol. The first-order valence-corrected chi connectivity index (χ1v) is 10.7. The van der Waals surface area contributed by atoms with Gasteiger partial charge in [-0.3, -0.25) is 9.69 Å². The molecule has 142 valence electrons. The number of piperidine rings is 1. The maximum Gasteiger partial charge on any atom is 0.223 e. The van der Waals surface area contributed by atoms with Gasteiger partial charge in [0.2, 0.25) is 5.91 Å². The van der Waals surface area contributed by atoms with Gasteiger partial charge in [-0.05, 0) is 49.0 Å². The van der Waals surface area contributed by atoms with E-state index >= 15 is 0 Å². The minimum atomic E-state index is 0.439. The van der Waals surface area contributed by atoms with E-state index in [1.807, 2.05) is 0 Å². The van der Waals surface area contributed by atoms with Crippen molar-refractivity contribution in [3.8, 4) is 0 Å². The number of hydrogen-bond donors (Lipinski definition) is 0. The fourth-order valence-corrected chi connectivity index (χ4v) is 5.73. The zero-order chi connectivity index (χ0) is 18.1. The van der Waals surface area contributed by atoms with E-state index in [4.69, 9.17) is 0 Å². The minimum Gasteiger partial charge on any atom is -0.336 e. The van der Waals surface area contributed by atoms with Crippen LogP contribution in [0.1, 0.15) is 57.9 Å². The summed E-state index contributed by atoms with van der Waals surface area (Å²) < 4.78 is 0. The van der Waals surface area contributed by atoms with Gasteiger partial charge < -0.3 is 4.90 Å². The van der Waals surface area contributed by atoms with Crippen molar-refractivity contribution >= 4 is 5.91 Å². The van der Waals surface area contributed by atoms with Crippen molar-refractivity contribution in [3.05, 3.63) is 35.9 Å². The average molecular weight is 355 g/mol. The smallest absolute Gasteiger partial charge is 0.223 e. The largest absolute Gasteiger partial charge is 0.336 e. The second-order valence-electron chi connectivity index (χ2n) is 8.98. The van der Waals surface area contributed by atoms with Crippen LogP contribution in [0.3, 0.4) is 0 Å². The molecule has 26 heavy (non-hydrogen) atoms. The third-order valence-corrected chi connectivity index (χ3v) is 7.28. The fraction of sp³-hybridized carbons (Fsp3) is 0.696. The summed E-state index contributed by atoms with van der Waals surface area (Å²) >= 11 is 0. The van der Waals surface area contributed by atoms with Gasteiger partial charge in [0.15, 0.2) is 0 Å². The summed E-state index contributed by atoms with van der Waals surface area (Å²) in [5.41, 5.74) is 1.42. The maximum atomic E-state index is 12.9. The fourth-order valence-electron chi connectivity index (χ4n) is 5.73. The molecule has 3 saturated heterocycles. The van der Waals surface area contributed by atoms with Gasteiger partial charge in [0, 0.05) is 38.1 Å². The Balaban J connectivity index is 1.61. The molecule has 2 bridgehead atoms. The zero-order valence-electron chi connectivity index (χ0n) is 16.4. The van der Waals surface area contributed by atoms with Crippen molar-refractivity contribution < 1.29 is 4.79 Å². The van der Waals surface area contributed by atoms with Gasteiger partial charge in [0.25, 0.3) is 0 Å². The van der Waals surface area contributed by atoms with Gasteiger partial charge in [-0.2, -0.15) is 0 Å². The highest BCUT2D eigenvalue weighted by Gasteiger charge is 2.45. The van der Waals surface area contributed by atoms with Crippen LogP contribution < -0.4 is 0 Å². The Morgan fingerprint density at radius 3 is 2.69 bits per heavy atom. The summed E-state index contributed by atoms with van der Waals surface area (Å²) in [5.74, 6) is 2.44. The lowest BCUT2D eigenvalue weighted by molar-refractivity contribution is -0.143. The van der Waals surface area contributed by atoms with Gasteiger partial charge in [-0.25, -0.2) is 0 Å². The van der Waals surface area contributed by atoms with Crippen LogP contribution in [-0.2, 0) is 11.3 Å². The molecule has 0 spiro atoms. The molecule has 5 atom stereocenters. The molecule has 1 amide bonds. The molecule has 2 unspecified atom stereocenters. The van der Waals surface area contributed by atoms with Gasteiger partial charge in [0.05, 0.1) is 0 Å². The summed E-state index contributed by atoms with van der Waals surface area (Å²) in [7, 11) is 0. The number of rotatable bonds is 4. The van der Waals surface area contributed by atoms with E-state index in [-0.39, 0.29) is 0 Å². The molecule has 3 heterocycles. The van der Waals surface area contributed by atoms with Crippen LogP contribution in [0.25, 0.3) is 0 Å². The molecule has 3 heteroatoms. The van der Waals surface area contributed by atoms with Gasteiger partial charge in [0.1, 0.15) is 0 Å². The zero-order valence-corrected chi connectivity index (χ0v) is 16.4. The molecule has 0 aromatic heterocycles. The van der Waals surface area contributed by atoms with E-state index in [1.54, 1.807) is 0 Å². The van der Waals surface area contributed by atoms with Crippen LogP contribution >= 0.6 is 0 Å². The first-order chi connectivity index (χ1) is 12.7. The predicted octanol–water partition coefficient (Wildman–Crippen LogP) is 4.32. The Morgan fingerprint density at radius 1 is 1.12 bits per heavy atom. The first kappa shape index (κ1) is 18.0. The molecule has 1 aromatic rings. The molecule has 3 fully saturated rings. The first-order valence-electron chi connectivity index (χ1n) is 10.7. The van der Waals surface area contributed by atoms with E-state index in [1.165, 1.54) is 37.8 Å². The molecule has 0 saturated carbocycles. The Kier molecular flexibility index (Phi) is 5.35. The lowest BCUT2D eigenvalue weighted by Crippen LogP contribution is -2.55. The summed E-state index contributed by atoms with van der Waals surface area (Å²) in [5, 5.41) is 0. The lowest BCUT2D eigenvalue weighted by Gasteiger charge is -2.46. The summed E-state index contributed by atoms with van der Waals surface area (Å²) in [6, 6.07) is 11.9. The SMILES string of the molecule is CC[C@@H](C)[C@H]1CC2CCC3[C@H](CCC(=O)N31)CN(Cc1ccccc1)C2.